The second-order valence-electron chi connectivity index (χ2n) is 5.87. The normalized spacial score (nSPS) is 16.7. The van der Waals surface area contributed by atoms with Gasteiger partial charge in [0.1, 0.15) is 6.67 Å². The zero-order chi connectivity index (χ0) is 18.7. The van der Waals surface area contributed by atoms with Crippen molar-refractivity contribution in [3.8, 4) is 12.1 Å². The topological polar surface area (TPSA) is 62.9 Å². The van der Waals surface area contributed by atoms with E-state index in [2.05, 4.69) is 17.5 Å². The van der Waals surface area contributed by atoms with Crippen molar-refractivity contribution in [3.63, 3.8) is 0 Å². The molecule has 2 aromatic carbocycles. The number of benzene rings is 2. The zero-order valence-corrected chi connectivity index (χ0v) is 14.8. The summed E-state index contributed by atoms with van der Waals surface area (Å²) < 4.78 is 13.0. The van der Waals surface area contributed by atoms with E-state index in [1.807, 2.05) is 25.1 Å². The van der Waals surface area contributed by atoms with Gasteiger partial charge in [-0.05, 0) is 54.5 Å². The van der Waals surface area contributed by atoms with Crippen LogP contribution in [0.2, 0.25) is 0 Å². The minimum atomic E-state index is -0.566. The molecule has 0 saturated heterocycles. The summed E-state index contributed by atoms with van der Waals surface area (Å²) in [5, 5.41) is 22.3. The van der Waals surface area contributed by atoms with Gasteiger partial charge in [0.15, 0.2) is 5.11 Å². The Morgan fingerprint density at radius 1 is 1.15 bits per heavy atom. The van der Waals surface area contributed by atoms with Crippen molar-refractivity contribution in [2.75, 3.05) is 4.90 Å². The fourth-order valence-corrected chi connectivity index (χ4v) is 3.34. The molecule has 0 aliphatic carbocycles. The number of nitrogens with one attached hydrogen (secondary N) is 1. The Kier molecular flexibility index (Phi) is 4.97. The number of alkyl halides is 1. The molecule has 1 N–H and O–H groups in total. The second-order valence-corrected chi connectivity index (χ2v) is 6.25. The summed E-state index contributed by atoms with van der Waals surface area (Å²) in [4.78, 5) is 1.74. The lowest BCUT2D eigenvalue weighted by molar-refractivity contribution is 0.485. The van der Waals surface area contributed by atoms with E-state index in [0.29, 0.717) is 33.2 Å². The van der Waals surface area contributed by atoms with Gasteiger partial charge in [-0.3, -0.25) is 4.90 Å². The van der Waals surface area contributed by atoms with Crippen LogP contribution in [-0.2, 0) is 6.67 Å². The molecule has 1 unspecified atom stereocenters. The van der Waals surface area contributed by atoms with Gasteiger partial charge < -0.3 is 5.32 Å². The van der Waals surface area contributed by atoms with E-state index >= 15 is 0 Å². The van der Waals surface area contributed by atoms with Gasteiger partial charge in [-0.15, -0.1) is 0 Å². The number of nitriles is 2. The number of halogens is 1. The first kappa shape index (κ1) is 17.6. The number of anilines is 1. The Labute approximate surface area is 156 Å². The van der Waals surface area contributed by atoms with Gasteiger partial charge in [0.2, 0.25) is 0 Å². The predicted molar refractivity (Wildman–Crippen MR) is 102 cm³/mol. The summed E-state index contributed by atoms with van der Waals surface area (Å²) >= 11 is 5.52. The molecule has 1 aliphatic rings. The molecule has 1 heterocycles. The maximum Gasteiger partial charge on any atom is 0.178 e. The summed E-state index contributed by atoms with van der Waals surface area (Å²) in [6.45, 7) is 1.26. The van der Waals surface area contributed by atoms with Gasteiger partial charge in [0, 0.05) is 11.4 Å². The van der Waals surface area contributed by atoms with Crippen molar-refractivity contribution in [3.05, 3.63) is 76.5 Å². The van der Waals surface area contributed by atoms with E-state index in [-0.39, 0.29) is 6.04 Å². The molecule has 0 radical (unpaired) electrons. The van der Waals surface area contributed by atoms with Gasteiger partial charge >= 0.3 is 0 Å². The van der Waals surface area contributed by atoms with Crippen LogP contribution in [0.1, 0.15) is 29.7 Å². The molecular weight excluding hydrogens is 347 g/mol. The summed E-state index contributed by atoms with van der Waals surface area (Å²) in [5.41, 5.74) is 3.87. The van der Waals surface area contributed by atoms with Crippen molar-refractivity contribution >= 4 is 23.0 Å². The fourth-order valence-electron chi connectivity index (χ4n) is 2.98. The molecule has 6 heteroatoms. The first-order valence-electron chi connectivity index (χ1n) is 7.95. The third kappa shape index (κ3) is 3.15. The van der Waals surface area contributed by atoms with Crippen molar-refractivity contribution in [2.45, 2.75) is 19.6 Å². The highest BCUT2D eigenvalue weighted by molar-refractivity contribution is 7.80. The van der Waals surface area contributed by atoms with Gasteiger partial charge in [0.05, 0.1) is 29.3 Å². The van der Waals surface area contributed by atoms with Crippen LogP contribution >= 0.6 is 12.2 Å². The fraction of sp³-hybridized carbons (Fsp3) is 0.150. The van der Waals surface area contributed by atoms with E-state index in [4.69, 9.17) is 17.5 Å². The molecule has 0 amide bonds. The standard InChI is InChI=1S/C20H15FN4S/c1-13-18(12-23)19(16-7-5-14(11-22)6-8-16)24-20(26)25(13)17-4-2-3-15(9-17)10-21/h2-9,19H,10H2,1H3,(H,24,26). The highest BCUT2D eigenvalue weighted by Gasteiger charge is 2.30. The van der Waals surface area contributed by atoms with Crippen molar-refractivity contribution in [1.82, 2.24) is 5.32 Å². The zero-order valence-electron chi connectivity index (χ0n) is 14.0. The Hall–Kier alpha value is -3.22. The Morgan fingerprint density at radius 2 is 1.88 bits per heavy atom. The van der Waals surface area contributed by atoms with Crippen LogP contribution in [0, 0.1) is 22.7 Å². The van der Waals surface area contributed by atoms with Crippen LogP contribution in [0.15, 0.2) is 59.8 Å². The molecule has 0 bridgehead atoms. The maximum atomic E-state index is 13.0. The molecule has 4 nitrogen and oxygen atoms in total. The highest BCUT2D eigenvalue weighted by Crippen LogP contribution is 2.33. The Bertz CT molecular complexity index is 967. The molecule has 1 atom stereocenters. The van der Waals surface area contributed by atoms with E-state index in [9.17, 15) is 9.65 Å². The van der Waals surface area contributed by atoms with E-state index in [0.717, 1.165) is 5.56 Å². The van der Waals surface area contributed by atoms with Gasteiger partial charge in [-0.1, -0.05) is 24.3 Å². The van der Waals surface area contributed by atoms with Gasteiger partial charge in [-0.2, -0.15) is 10.5 Å². The van der Waals surface area contributed by atoms with E-state index in [1.54, 1.807) is 35.2 Å². The first-order chi connectivity index (χ1) is 12.6. The first-order valence-corrected chi connectivity index (χ1v) is 8.36. The second kappa shape index (κ2) is 7.35. The number of hydrogen-bond acceptors (Lipinski definition) is 3. The van der Waals surface area contributed by atoms with Crippen molar-refractivity contribution in [2.24, 2.45) is 0 Å². The summed E-state index contributed by atoms with van der Waals surface area (Å²) in [6, 6.07) is 18.0. The molecule has 128 valence electrons. The molecule has 0 aromatic heterocycles. The largest absolute Gasteiger partial charge is 0.350 e. The van der Waals surface area contributed by atoms with Gasteiger partial charge in [0.25, 0.3) is 0 Å². The van der Waals surface area contributed by atoms with E-state index < -0.39 is 6.67 Å². The summed E-state index contributed by atoms with van der Waals surface area (Å²) in [7, 11) is 0. The third-order valence-corrected chi connectivity index (χ3v) is 4.60. The quantitative estimate of drug-likeness (QED) is 0.827. The molecule has 3 rings (SSSR count). The smallest absolute Gasteiger partial charge is 0.178 e. The molecule has 1 aliphatic heterocycles. The third-order valence-electron chi connectivity index (χ3n) is 4.30. The maximum absolute atomic E-state index is 13.0. The van der Waals surface area contributed by atoms with Crippen LogP contribution in [0.5, 0.6) is 0 Å². The average molecular weight is 362 g/mol. The molecule has 0 fully saturated rings. The highest BCUT2D eigenvalue weighted by atomic mass is 32.1. The van der Waals surface area contributed by atoms with Crippen LogP contribution < -0.4 is 10.2 Å². The minimum Gasteiger partial charge on any atom is -0.350 e. The number of rotatable bonds is 3. The van der Waals surface area contributed by atoms with Crippen LogP contribution in [-0.4, -0.2) is 5.11 Å². The lowest BCUT2D eigenvalue weighted by Gasteiger charge is -2.36. The van der Waals surface area contributed by atoms with Gasteiger partial charge in [-0.25, -0.2) is 4.39 Å². The number of nitrogens with zero attached hydrogens (tertiary/aromatic N) is 3. The average Bonchev–Trinajstić information content (AvgIpc) is 2.68. The van der Waals surface area contributed by atoms with Crippen LogP contribution in [0.3, 0.4) is 0 Å². The monoisotopic (exact) mass is 362 g/mol. The minimum absolute atomic E-state index is 0.388. The Balaban J connectivity index is 2.05. The molecule has 0 spiro atoms. The molecule has 26 heavy (non-hydrogen) atoms. The van der Waals surface area contributed by atoms with Crippen LogP contribution in [0.25, 0.3) is 0 Å². The molecular formula is C20H15FN4S. The molecule has 2 aromatic rings. The molecule has 0 saturated carbocycles. The van der Waals surface area contributed by atoms with Crippen molar-refractivity contribution < 1.29 is 4.39 Å². The number of allylic oxidation sites excluding steroid dienone is 1. The Morgan fingerprint density at radius 3 is 2.50 bits per heavy atom. The lowest BCUT2D eigenvalue weighted by Crippen LogP contribution is -2.46. The lowest BCUT2D eigenvalue weighted by atomic mass is 9.95. The summed E-state index contributed by atoms with van der Waals surface area (Å²) in [5.74, 6) is 0. The van der Waals surface area contributed by atoms with E-state index in [1.165, 1.54) is 0 Å². The number of hydrogen-bond donors (Lipinski definition) is 1. The SMILES string of the molecule is CC1=C(C#N)C(c2ccc(C#N)cc2)NC(=S)N1c1cccc(CF)c1. The van der Waals surface area contributed by atoms with Crippen LogP contribution in [0.4, 0.5) is 10.1 Å². The van der Waals surface area contributed by atoms with Crippen molar-refractivity contribution in [1.29, 1.82) is 10.5 Å². The predicted octanol–water partition coefficient (Wildman–Crippen LogP) is 4.26. The number of thiocarbonyl (C=S) groups is 1. The summed E-state index contributed by atoms with van der Waals surface area (Å²) in [6.07, 6.45) is 0.